The third-order valence-corrected chi connectivity index (χ3v) is 8.23. The number of phenolic OH excluding ortho intramolecular Hbond substituents is 1. The molecule has 2 aromatic rings. The second-order valence-corrected chi connectivity index (χ2v) is 10.6. The van der Waals surface area contributed by atoms with Crippen LogP contribution in [0.2, 0.25) is 0 Å². The molecule has 2 saturated heterocycles. The highest BCUT2D eigenvalue weighted by atomic mass is 16.3. The van der Waals surface area contributed by atoms with Gasteiger partial charge >= 0.3 is 0 Å². The van der Waals surface area contributed by atoms with E-state index in [1.165, 1.54) is 44.1 Å². The summed E-state index contributed by atoms with van der Waals surface area (Å²) in [6.45, 7) is 7.98. The molecule has 2 heterocycles. The molecule has 0 spiro atoms. The van der Waals surface area contributed by atoms with Gasteiger partial charge in [-0.1, -0.05) is 43.5 Å². The van der Waals surface area contributed by atoms with Crippen LogP contribution >= 0.6 is 0 Å². The van der Waals surface area contributed by atoms with E-state index in [-0.39, 0.29) is 17.7 Å². The van der Waals surface area contributed by atoms with Crippen molar-refractivity contribution in [3.63, 3.8) is 0 Å². The van der Waals surface area contributed by atoms with E-state index in [4.69, 9.17) is 0 Å². The average molecular weight is 474 g/mol. The Bertz CT molecular complexity index is 1050. The summed E-state index contributed by atoms with van der Waals surface area (Å²) in [6, 6.07) is 15.0. The van der Waals surface area contributed by atoms with Gasteiger partial charge in [0.2, 0.25) is 0 Å². The van der Waals surface area contributed by atoms with Gasteiger partial charge in [0.1, 0.15) is 5.75 Å². The maximum Gasteiger partial charge on any atom is 0.251 e. The van der Waals surface area contributed by atoms with Gasteiger partial charge in [0.05, 0.1) is 0 Å². The lowest BCUT2D eigenvalue weighted by molar-refractivity contribution is 0.0927. The SMILES string of the molecule is C=CCN1CCC2CCC(C1)N2Cc1ccc(C(=O)NC2CCCCC2)cc1-c1cccc(O)c1. The second kappa shape index (κ2) is 11.0. The van der Waals surface area contributed by atoms with Crippen LogP contribution in [-0.4, -0.2) is 58.6 Å². The molecule has 35 heavy (non-hydrogen) atoms. The average Bonchev–Trinajstić information content (AvgIpc) is 3.15. The zero-order valence-electron chi connectivity index (χ0n) is 20.8. The van der Waals surface area contributed by atoms with E-state index in [1.807, 2.05) is 36.4 Å². The summed E-state index contributed by atoms with van der Waals surface area (Å²) in [5.74, 6) is 0.264. The van der Waals surface area contributed by atoms with Crippen molar-refractivity contribution < 1.29 is 9.90 Å². The number of carbonyl (C=O) groups is 1. The summed E-state index contributed by atoms with van der Waals surface area (Å²) < 4.78 is 0. The van der Waals surface area contributed by atoms with Crippen molar-refractivity contribution in [1.82, 2.24) is 15.1 Å². The smallest absolute Gasteiger partial charge is 0.251 e. The third kappa shape index (κ3) is 5.62. The fourth-order valence-corrected chi connectivity index (χ4v) is 6.36. The molecule has 5 heteroatoms. The lowest BCUT2D eigenvalue weighted by Crippen LogP contribution is -2.39. The molecule has 2 N–H and O–H groups in total. The van der Waals surface area contributed by atoms with Crippen molar-refractivity contribution in [3.05, 3.63) is 66.2 Å². The Morgan fingerprint density at radius 2 is 1.86 bits per heavy atom. The number of aromatic hydroxyl groups is 1. The van der Waals surface area contributed by atoms with Crippen LogP contribution < -0.4 is 5.32 Å². The quantitative estimate of drug-likeness (QED) is 0.533. The molecular weight excluding hydrogens is 434 g/mol. The van der Waals surface area contributed by atoms with Gasteiger partial charge in [0.25, 0.3) is 5.91 Å². The van der Waals surface area contributed by atoms with Gasteiger partial charge in [0, 0.05) is 49.9 Å². The summed E-state index contributed by atoms with van der Waals surface area (Å²) in [5, 5.41) is 13.5. The van der Waals surface area contributed by atoms with Gasteiger partial charge in [-0.3, -0.25) is 14.6 Å². The highest BCUT2D eigenvalue weighted by Gasteiger charge is 2.37. The molecule has 2 unspecified atom stereocenters. The number of fused-ring (bicyclic) bond motifs is 2. The number of nitrogens with one attached hydrogen (secondary N) is 1. The van der Waals surface area contributed by atoms with Crippen molar-refractivity contribution >= 4 is 5.91 Å². The first-order chi connectivity index (χ1) is 17.1. The maximum atomic E-state index is 13.1. The van der Waals surface area contributed by atoms with Crippen molar-refractivity contribution in [1.29, 1.82) is 0 Å². The van der Waals surface area contributed by atoms with Crippen LogP contribution in [0.5, 0.6) is 5.75 Å². The van der Waals surface area contributed by atoms with Crippen molar-refractivity contribution in [2.75, 3.05) is 19.6 Å². The molecule has 5 rings (SSSR count). The van der Waals surface area contributed by atoms with Crippen molar-refractivity contribution in [3.8, 4) is 16.9 Å². The van der Waals surface area contributed by atoms with Crippen LogP contribution in [0.4, 0.5) is 0 Å². The minimum Gasteiger partial charge on any atom is -0.508 e. The highest BCUT2D eigenvalue weighted by Crippen LogP contribution is 2.35. The predicted molar refractivity (Wildman–Crippen MR) is 141 cm³/mol. The molecule has 1 aliphatic carbocycles. The molecule has 2 bridgehead atoms. The van der Waals surface area contributed by atoms with Crippen LogP contribution in [0.15, 0.2) is 55.1 Å². The highest BCUT2D eigenvalue weighted by molar-refractivity contribution is 5.96. The second-order valence-electron chi connectivity index (χ2n) is 10.6. The first-order valence-corrected chi connectivity index (χ1v) is 13.4. The summed E-state index contributed by atoms with van der Waals surface area (Å²) in [7, 11) is 0. The molecule has 5 nitrogen and oxygen atoms in total. The lowest BCUT2D eigenvalue weighted by Gasteiger charge is -2.29. The van der Waals surface area contributed by atoms with Crippen LogP contribution in [0.1, 0.15) is 67.3 Å². The molecule has 2 aromatic carbocycles. The van der Waals surface area contributed by atoms with Gasteiger partial charge in [-0.2, -0.15) is 0 Å². The van der Waals surface area contributed by atoms with Gasteiger partial charge in [-0.05, 0) is 73.1 Å². The molecule has 2 aliphatic heterocycles. The fraction of sp³-hybridized carbons (Fsp3) is 0.500. The largest absolute Gasteiger partial charge is 0.508 e. The number of carbonyl (C=O) groups excluding carboxylic acids is 1. The van der Waals surface area contributed by atoms with Crippen molar-refractivity contribution in [2.24, 2.45) is 0 Å². The van der Waals surface area contributed by atoms with Crippen LogP contribution in [0.25, 0.3) is 11.1 Å². The number of amides is 1. The molecule has 1 saturated carbocycles. The minimum atomic E-state index is 0.0137. The lowest BCUT2D eigenvalue weighted by atomic mass is 9.94. The molecule has 3 fully saturated rings. The standard InChI is InChI=1S/C30H39N3O2/c1-2-16-32-17-15-26-13-14-27(21-32)33(26)20-24-12-11-23(30(35)31-25-8-4-3-5-9-25)19-29(24)22-7-6-10-28(34)18-22/h2,6-7,10-12,18-19,25-27,34H,1,3-5,8-9,13-17,20-21H2,(H,31,35). The first-order valence-electron chi connectivity index (χ1n) is 13.4. The van der Waals surface area contributed by atoms with Crippen LogP contribution in [0.3, 0.4) is 0 Å². The molecular formula is C30H39N3O2. The summed E-state index contributed by atoms with van der Waals surface area (Å²) in [6.07, 6.45) is 11.5. The normalized spacial score (nSPS) is 23.7. The number of nitrogens with zero attached hydrogens (tertiary/aromatic N) is 2. The topological polar surface area (TPSA) is 55.8 Å². The molecule has 186 valence electrons. The molecule has 1 amide bonds. The molecule has 3 aliphatic rings. The van der Waals surface area contributed by atoms with Crippen molar-refractivity contribution in [2.45, 2.75) is 76.0 Å². The zero-order chi connectivity index (χ0) is 24.2. The summed E-state index contributed by atoms with van der Waals surface area (Å²) >= 11 is 0. The molecule has 0 radical (unpaired) electrons. The van der Waals surface area contributed by atoms with E-state index >= 15 is 0 Å². The number of hydrogen-bond donors (Lipinski definition) is 2. The van der Waals surface area contributed by atoms with Gasteiger partial charge in [-0.15, -0.1) is 6.58 Å². The third-order valence-electron chi connectivity index (χ3n) is 8.23. The Labute approximate surface area is 209 Å². The number of hydrogen-bond acceptors (Lipinski definition) is 4. The number of likely N-dealkylation sites (tertiary alicyclic amines) is 1. The summed E-state index contributed by atoms with van der Waals surface area (Å²) in [5.41, 5.74) is 3.93. The Balaban J connectivity index is 1.41. The number of phenols is 1. The zero-order valence-corrected chi connectivity index (χ0v) is 20.8. The maximum absolute atomic E-state index is 13.1. The number of benzene rings is 2. The Hall–Kier alpha value is -2.63. The number of rotatable bonds is 7. The molecule has 2 atom stereocenters. The Morgan fingerprint density at radius 3 is 2.66 bits per heavy atom. The van der Waals surface area contributed by atoms with E-state index in [0.717, 1.165) is 50.1 Å². The minimum absolute atomic E-state index is 0.0137. The van der Waals surface area contributed by atoms with Gasteiger partial charge in [-0.25, -0.2) is 0 Å². The summed E-state index contributed by atoms with van der Waals surface area (Å²) in [4.78, 5) is 18.4. The van der Waals surface area contributed by atoms with E-state index < -0.39 is 0 Å². The fourth-order valence-electron chi connectivity index (χ4n) is 6.36. The van der Waals surface area contributed by atoms with E-state index in [0.29, 0.717) is 17.6 Å². The van der Waals surface area contributed by atoms with Gasteiger partial charge in [0.15, 0.2) is 0 Å². The Morgan fingerprint density at radius 1 is 1.03 bits per heavy atom. The van der Waals surface area contributed by atoms with Crippen LogP contribution in [-0.2, 0) is 6.54 Å². The van der Waals surface area contributed by atoms with Gasteiger partial charge < -0.3 is 10.4 Å². The molecule has 0 aromatic heterocycles. The Kier molecular flexibility index (Phi) is 7.54. The monoisotopic (exact) mass is 473 g/mol. The first kappa shape index (κ1) is 24.1. The van der Waals surface area contributed by atoms with Crippen LogP contribution in [0, 0.1) is 0 Å². The van der Waals surface area contributed by atoms with E-state index in [2.05, 4.69) is 27.8 Å². The predicted octanol–water partition coefficient (Wildman–Crippen LogP) is 5.35. The van der Waals surface area contributed by atoms with E-state index in [1.54, 1.807) is 6.07 Å². The van der Waals surface area contributed by atoms with E-state index in [9.17, 15) is 9.90 Å².